The average Bonchev–Trinajstić information content (AvgIpc) is 3.12. The lowest BCUT2D eigenvalue weighted by molar-refractivity contribution is -0.136. The van der Waals surface area contributed by atoms with Crippen LogP contribution < -0.4 is 0 Å². The van der Waals surface area contributed by atoms with E-state index in [0.29, 0.717) is 26.1 Å². The van der Waals surface area contributed by atoms with Crippen LogP contribution in [-0.2, 0) is 22.6 Å². The Morgan fingerprint density at radius 3 is 2.74 bits per heavy atom. The van der Waals surface area contributed by atoms with Crippen molar-refractivity contribution in [2.75, 3.05) is 26.2 Å². The van der Waals surface area contributed by atoms with Crippen molar-refractivity contribution in [2.24, 2.45) is 0 Å². The van der Waals surface area contributed by atoms with Crippen molar-refractivity contribution in [3.63, 3.8) is 0 Å². The van der Waals surface area contributed by atoms with E-state index in [4.69, 9.17) is 4.74 Å². The second kappa shape index (κ2) is 7.74. The highest BCUT2D eigenvalue weighted by molar-refractivity contribution is 5.77. The molecular weight excluding hydrogens is 344 g/mol. The summed E-state index contributed by atoms with van der Waals surface area (Å²) in [7, 11) is 0. The number of aromatic amines is 1. The quantitative estimate of drug-likeness (QED) is 0.873. The van der Waals surface area contributed by atoms with Crippen LogP contribution in [0.2, 0.25) is 0 Å². The molecule has 0 radical (unpaired) electrons. The normalized spacial score (nSPS) is 20.8. The zero-order valence-corrected chi connectivity index (χ0v) is 15.7. The van der Waals surface area contributed by atoms with Gasteiger partial charge in [0.05, 0.1) is 42.8 Å². The Labute approximate surface area is 158 Å². The second-order valence-corrected chi connectivity index (χ2v) is 7.53. The molecule has 0 aromatic carbocycles. The van der Waals surface area contributed by atoms with Crippen molar-refractivity contribution >= 4 is 5.91 Å². The molecule has 0 saturated carbocycles. The van der Waals surface area contributed by atoms with Crippen LogP contribution in [0.4, 0.5) is 0 Å². The zero-order valence-electron chi connectivity index (χ0n) is 15.7. The van der Waals surface area contributed by atoms with Crippen molar-refractivity contribution in [1.82, 2.24) is 30.0 Å². The number of amides is 1. The van der Waals surface area contributed by atoms with Crippen LogP contribution in [0.3, 0.4) is 0 Å². The van der Waals surface area contributed by atoms with Crippen molar-refractivity contribution in [3.8, 4) is 0 Å². The number of H-pyrrole nitrogens is 1. The topological polar surface area (TPSA) is 87.2 Å². The van der Waals surface area contributed by atoms with E-state index in [-0.39, 0.29) is 11.5 Å². The van der Waals surface area contributed by atoms with Crippen LogP contribution in [0.1, 0.15) is 36.3 Å². The van der Waals surface area contributed by atoms with Crippen molar-refractivity contribution in [2.45, 2.75) is 44.9 Å². The van der Waals surface area contributed by atoms with Gasteiger partial charge in [-0.15, -0.1) is 0 Å². The lowest BCUT2D eigenvalue weighted by Crippen LogP contribution is -2.47. The fourth-order valence-electron chi connectivity index (χ4n) is 3.85. The lowest BCUT2D eigenvalue weighted by atomic mass is 9.87. The molecule has 0 bridgehead atoms. The molecule has 2 aliphatic rings. The fraction of sp³-hybridized carbons (Fsp3) is 0.579. The molecule has 0 unspecified atom stereocenters. The van der Waals surface area contributed by atoms with Crippen LogP contribution >= 0.6 is 0 Å². The molecule has 1 spiro atoms. The van der Waals surface area contributed by atoms with E-state index in [9.17, 15) is 4.79 Å². The number of likely N-dealkylation sites (tertiary alicyclic amines) is 1. The Kier molecular flexibility index (Phi) is 5.18. The third-order valence-corrected chi connectivity index (χ3v) is 5.50. The third kappa shape index (κ3) is 4.33. The summed E-state index contributed by atoms with van der Waals surface area (Å²) in [5, 5.41) is 7.01. The summed E-state index contributed by atoms with van der Waals surface area (Å²) in [6, 6.07) is 2.00. The van der Waals surface area contributed by atoms with E-state index < -0.39 is 0 Å². The largest absolute Gasteiger partial charge is 0.373 e. The Bertz CT molecular complexity index is 753. The fourth-order valence-corrected chi connectivity index (χ4v) is 3.85. The monoisotopic (exact) mass is 370 g/mol. The standard InChI is InChI=1S/C19H26N6O2/c1-15-11-21-17(12-20-15)14-25-8-9-27-19(10-18(25)26)3-6-24(7-4-19)13-16-2-5-22-23-16/h2,5,11-12H,3-4,6-10,13-14H2,1H3,(H,22,23). The van der Waals surface area contributed by atoms with Gasteiger partial charge in [-0.3, -0.25) is 24.8 Å². The SMILES string of the molecule is Cc1cnc(CN2CCOC3(CCN(Cc4ccn[nH]4)CC3)CC2=O)cn1. The zero-order chi connectivity index (χ0) is 18.7. The highest BCUT2D eigenvalue weighted by Crippen LogP contribution is 2.33. The van der Waals surface area contributed by atoms with E-state index in [1.54, 1.807) is 18.6 Å². The van der Waals surface area contributed by atoms with Gasteiger partial charge in [-0.2, -0.15) is 5.10 Å². The van der Waals surface area contributed by atoms with Gasteiger partial charge >= 0.3 is 0 Å². The van der Waals surface area contributed by atoms with Crippen LogP contribution in [0.25, 0.3) is 0 Å². The summed E-state index contributed by atoms with van der Waals surface area (Å²) < 4.78 is 6.23. The number of aromatic nitrogens is 4. The number of rotatable bonds is 4. The van der Waals surface area contributed by atoms with Gasteiger partial charge in [-0.1, -0.05) is 0 Å². The maximum Gasteiger partial charge on any atom is 0.225 e. The van der Waals surface area contributed by atoms with E-state index in [1.165, 1.54) is 0 Å². The number of piperidine rings is 1. The Balaban J connectivity index is 1.34. The van der Waals surface area contributed by atoms with Gasteiger partial charge in [0, 0.05) is 44.3 Å². The van der Waals surface area contributed by atoms with Gasteiger partial charge in [0.15, 0.2) is 0 Å². The first-order valence-corrected chi connectivity index (χ1v) is 9.52. The number of nitrogens with one attached hydrogen (secondary N) is 1. The molecular formula is C19H26N6O2. The molecule has 1 amide bonds. The summed E-state index contributed by atoms with van der Waals surface area (Å²) in [6.45, 7) is 6.30. The minimum absolute atomic E-state index is 0.150. The number of aryl methyl sites for hydroxylation is 1. The predicted octanol–water partition coefficient (Wildman–Crippen LogP) is 1.29. The van der Waals surface area contributed by atoms with Gasteiger partial charge < -0.3 is 9.64 Å². The Hall–Kier alpha value is -2.32. The number of hydrogen-bond donors (Lipinski definition) is 1. The first-order chi connectivity index (χ1) is 13.1. The number of nitrogens with zero attached hydrogens (tertiary/aromatic N) is 5. The molecule has 4 rings (SSSR count). The number of carbonyl (C=O) groups excluding carboxylic acids is 1. The highest BCUT2D eigenvalue weighted by atomic mass is 16.5. The molecule has 1 N–H and O–H groups in total. The Morgan fingerprint density at radius 1 is 1.19 bits per heavy atom. The van der Waals surface area contributed by atoms with Crippen molar-refractivity contribution in [1.29, 1.82) is 0 Å². The van der Waals surface area contributed by atoms with Crippen molar-refractivity contribution < 1.29 is 9.53 Å². The third-order valence-electron chi connectivity index (χ3n) is 5.50. The number of carbonyl (C=O) groups is 1. The maximum atomic E-state index is 12.9. The predicted molar refractivity (Wildman–Crippen MR) is 98.6 cm³/mol. The molecule has 4 heterocycles. The minimum Gasteiger partial charge on any atom is -0.373 e. The van der Waals surface area contributed by atoms with E-state index >= 15 is 0 Å². The van der Waals surface area contributed by atoms with E-state index in [1.807, 2.05) is 17.9 Å². The van der Waals surface area contributed by atoms with Crippen LogP contribution in [-0.4, -0.2) is 67.7 Å². The average molecular weight is 370 g/mol. The summed E-state index contributed by atoms with van der Waals surface area (Å²) in [5.74, 6) is 0.150. The second-order valence-electron chi connectivity index (χ2n) is 7.53. The molecule has 2 aromatic rings. The van der Waals surface area contributed by atoms with Crippen molar-refractivity contribution in [3.05, 3.63) is 41.7 Å². The first-order valence-electron chi connectivity index (χ1n) is 9.52. The summed E-state index contributed by atoms with van der Waals surface area (Å²) in [5.41, 5.74) is 2.49. The smallest absolute Gasteiger partial charge is 0.225 e. The Morgan fingerprint density at radius 2 is 2.04 bits per heavy atom. The highest BCUT2D eigenvalue weighted by Gasteiger charge is 2.40. The maximum absolute atomic E-state index is 12.9. The van der Waals surface area contributed by atoms with Gasteiger partial charge in [0.25, 0.3) is 0 Å². The van der Waals surface area contributed by atoms with Crippen LogP contribution in [0, 0.1) is 6.92 Å². The molecule has 8 heteroatoms. The summed E-state index contributed by atoms with van der Waals surface area (Å²) in [6.07, 6.45) is 7.48. The van der Waals surface area contributed by atoms with Crippen LogP contribution in [0.15, 0.2) is 24.7 Å². The molecule has 2 saturated heterocycles. The van der Waals surface area contributed by atoms with Gasteiger partial charge in [-0.05, 0) is 25.8 Å². The molecule has 144 valence electrons. The summed E-state index contributed by atoms with van der Waals surface area (Å²) in [4.78, 5) is 25.8. The molecule has 2 fully saturated rings. The summed E-state index contributed by atoms with van der Waals surface area (Å²) >= 11 is 0. The van der Waals surface area contributed by atoms with E-state index in [0.717, 1.165) is 49.6 Å². The molecule has 27 heavy (non-hydrogen) atoms. The van der Waals surface area contributed by atoms with Gasteiger partial charge in [0.2, 0.25) is 5.91 Å². The van der Waals surface area contributed by atoms with Gasteiger partial charge in [0.1, 0.15) is 0 Å². The first kappa shape index (κ1) is 18.1. The minimum atomic E-state index is -0.324. The molecule has 2 aromatic heterocycles. The van der Waals surface area contributed by atoms with Crippen LogP contribution in [0.5, 0.6) is 0 Å². The number of hydrogen-bond acceptors (Lipinski definition) is 6. The number of ether oxygens (including phenoxy) is 1. The lowest BCUT2D eigenvalue weighted by Gasteiger charge is -2.40. The van der Waals surface area contributed by atoms with Gasteiger partial charge in [-0.25, -0.2) is 0 Å². The molecule has 0 aliphatic carbocycles. The van der Waals surface area contributed by atoms with E-state index in [2.05, 4.69) is 25.1 Å². The molecule has 0 atom stereocenters. The molecule has 8 nitrogen and oxygen atoms in total. The molecule has 2 aliphatic heterocycles.